The Balaban J connectivity index is 2.62. The quantitative estimate of drug-likeness (QED) is 0.468. The third-order valence-electron chi connectivity index (χ3n) is 2.18. The van der Waals surface area contributed by atoms with Gasteiger partial charge in [0.05, 0.1) is 13.7 Å². The van der Waals surface area contributed by atoms with E-state index in [4.69, 9.17) is 10.0 Å². The molecule has 0 bridgehead atoms. The second-order valence-electron chi connectivity index (χ2n) is 3.29. The normalized spacial score (nSPS) is 12.2. The van der Waals surface area contributed by atoms with Crippen molar-refractivity contribution in [1.82, 2.24) is 5.32 Å². The molecule has 1 rings (SSSR count). The van der Waals surface area contributed by atoms with Gasteiger partial charge in [0.1, 0.15) is 0 Å². The van der Waals surface area contributed by atoms with Gasteiger partial charge in [-0.1, -0.05) is 6.07 Å². The van der Waals surface area contributed by atoms with E-state index in [1.54, 1.807) is 11.4 Å². The van der Waals surface area contributed by atoms with Crippen LogP contribution in [0.25, 0.3) is 0 Å². The van der Waals surface area contributed by atoms with Gasteiger partial charge in [-0.05, 0) is 17.8 Å². The van der Waals surface area contributed by atoms with Crippen LogP contribution in [0.2, 0.25) is 0 Å². The minimum atomic E-state index is -1.48. The van der Waals surface area contributed by atoms with Crippen LogP contribution in [-0.2, 0) is 9.53 Å². The minimum absolute atomic E-state index is 0.0938. The van der Waals surface area contributed by atoms with Crippen molar-refractivity contribution in [3.8, 4) is 0 Å². The Morgan fingerprint density at radius 3 is 2.94 bits per heavy atom. The van der Waals surface area contributed by atoms with Crippen LogP contribution in [0.5, 0.6) is 0 Å². The molecule has 0 aliphatic heterocycles. The lowest BCUT2D eigenvalue weighted by Gasteiger charge is -2.13. The van der Waals surface area contributed by atoms with E-state index in [1.807, 2.05) is 6.92 Å². The molecule has 1 aromatic rings. The Labute approximate surface area is 98.2 Å². The van der Waals surface area contributed by atoms with Crippen LogP contribution in [0.4, 0.5) is 0 Å². The molecule has 0 amide bonds. The van der Waals surface area contributed by atoms with Gasteiger partial charge in [0.2, 0.25) is 0 Å². The van der Waals surface area contributed by atoms with E-state index in [0.717, 1.165) is 4.88 Å². The average Bonchev–Trinajstić information content (AvgIpc) is 2.74. The molecule has 0 fully saturated rings. The summed E-state index contributed by atoms with van der Waals surface area (Å²) in [5.41, 5.74) is 0.467. The van der Waals surface area contributed by atoms with Crippen molar-refractivity contribution in [2.24, 2.45) is 0 Å². The molecule has 0 aliphatic carbocycles. The minimum Gasteiger partial charge on any atom is -0.468 e. The van der Waals surface area contributed by atoms with Crippen molar-refractivity contribution >= 4 is 29.9 Å². The summed E-state index contributed by atoms with van der Waals surface area (Å²) in [4.78, 5) is 11.7. The molecule has 5 nitrogen and oxygen atoms in total. The van der Waals surface area contributed by atoms with E-state index in [9.17, 15) is 4.79 Å². The standard InChI is InChI=1S/C9H14BNO4S/c1-6(11-5-8(12)15-2)9-7(10(13)14)3-4-16-9/h3-4,6,11,13-14H,5H2,1-2H3/t6-/m1/s1. The smallest absolute Gasteiger partial charge is 0.468 e. The van der Waals surface area contributed by atoms with Crippen LogP contribution in [0.3, 0.4) is 0 Å². The first-order chi connectivity index (χ1) is 7.56. The lowest BCUT2D eigenvalue weighted by molar-refractivity contribution is -0.139. The summed E-state index contributed by atoms with van der Waals surface area (Å²) in [5.74, 6) is -0.352. The number of carbonyl (C=O) groups is 1. The monoisotopic (exact) mass is 243 g/mol. The van der Waals surface area contributed by atoms with E-state index in [2.05, 4.69) is 10.1 Å². The third kappa shape index (κ3) is 3.31. The number of ether oxygens (including phenoxy) is 1. The molecule has 0 saturated heterocycles. The first-order valence-corrected chi connectivity index (χ1v) is 5.67. The van der Waals surface area contributed by atoms with Gasteiger partial charge < -0.3 is 14.8 Å². The highest BCUT2D eigenvalue weighted by molar-refractivity contribution is 7.11. The molecule has 1 atom stereocenters. The largest absolute Gasteiger partial charge is 0.489 e. The number of hydrogen-bond acceptors (Lipinski definition) is 6. The van der Waals surface area contributed by atoms with Crippen molar-refractivity contribution in [3.05, 3.63) is 16.3 Å². The number of hydrogen-bond donors (Lipinski definition) is 3. The van der Waals surface area contributed by atoms with Crippen LogP contribution in [-0.4, -0.2) is 36.8 Å². The van der Waals surface area contributed by atoms with E-state index in [0.29, 0.717) is 5.46 Å². The Bertz CT molecular complexity index is 355. The van der Waals surface area contributed by atoms with Crippen LogP contribution in [0.15, 0.2) is 11.4 Å². The molecule has 0 radical (unpaired) electrons. The molecule has 7 heteroatoms. The summed E-state index contributed by atoms with van der Waals surface area (Å²) in [6.07, 6.45) is 0. The first-order valence-electron chi connectivity index (χ1n) is 4.80. The maximum absolute atomic E-state index is 10.9. The number of thiophene rings is 1. The molecular formula is C9H14BNO4S. The SMILES string of the molecule is COC(=O)CN[C@H](C)c1sccc1B(O)O. The van der Waals surface area contributed by atoms with Crippen LogP contribution < -0.4 is 10.8 Å². The zero-order valence-corrected chi connectivity index (χ0v) is 9.95. The maximum atomic E-state index is 10.9. The van der Waals surface area contributed by atoms with E-state index >= 15 is 0 Å². The molecule has 1 aromatic heterocycles. The number of methoxy groups -OCH3 is 1. The highest BCUT2D eigenvalue weighted by atomic mass is 32.1. The molecular weight excluding hydrogens is 229 g/mol. The molecule has 0 saturated carbocycles. The Morgan fingerprint density at radius 2 is 2.38 bits per heavy atom. The van der Waals surface area contributed by atoms with Crippen molar-refractivity contribution in [2.75, 3.05) is 13.7 Å². The van der Waals surface area contributed by atoms with Gasteiger partial charge in [-0.2, -0.15) is 0 Å². The Hall–Kier alpha value is -0.885. The van der Waals surface area contributed by atoms with Crippen molar-refractivity contribution < 1.29 is 19.6 Å². The summed E-state index contributed by atoms with van der Waals surface area (Å²) in [6.45, 7) is 1.94. The lowest BCUT2D eigenvalue weighted by Crippen LogP contribution is -2.35. The van der Waals surface area contributed by atoms with E-state index in [1.165, 1.54) is 18.4 Å². The van der Waals surface area contributed by atoms with Crippen molar-refractivity contribution in [2.45, 2.75) is 13.0 Å². The molecule has 0 unspecified atom stereocenters. The summed E-state index contributed by atoms with van der Waals surface area (Å²) in [7, 11) is -0.161. The van der Waals surface area contributed by atoms with Gasteiger partial charge in [0.25, 0.3) is 0 Å². The fourth-order valence-corrected chi connectivity index (χ4v) is 2.26. The zero-order chi connectivity index (χ0) is 12.1. The van der Waals surface area contributed by atoms with Gasteiger partial charge in [-0.15, -0.1) is 11.3 Å². The predicted octanol–water partition coefficient (Wildman–Crippen LogP) is -0.748. The Morgan fingerprint density at radius 1 is 1.69 bits per heavy atom. The Kier molecular flexibility index (Phi) is 4.94. The zero-order valence-electron chi connectivity index (χ0n) is 9.14. The molecule has 16 heavy (non-hydrogen) atoms. The van der Waals surface area contributed by atoms with Crippen molar-refractivity contribution in [1.29, 1.82) is 0 Å². The summed E-state index contributed by atoms with van der Waals surface area (Å²) in [6, 6.07) is 1.52. The molecule has 3 N–H and O–H groups in total. The maximum Gasteiger partial charge on any atom is 0.489 e. The van der Waals surface area contributed by atoms with Crippen molar-refractivity contribution in [3.63, 3.8) is 0 Å². The van der Waals surface area contributed by atoms with Gasteiger partial charge in [-0.25, -0.2) is 0 Å². The fourth-order valence-electron chi connectivity index (χ4n) is 1.30. The highest BCUT2D eigenvalue weighted by Crippen LogP contribution is 2.16. The van der Waals surface area contributed by atoms with E-state index in [-0.39, 0.29) is 18.6 Å². The predicted molar refractivity (Wildman–Crippen MR) is 62.6 cm³/mol. The van der Waals surface area contributed by atoms with E-state index < -0.39 is 7.12 Å². The van der Waals surface area contributed by atoms with Gasteiger partial charge in [0, 0.05) is 10.9 Å². The second-order valence-corrected chi connectivity index (χ2v) is 4.24. The van der Waals surface area contributed by atoms with Gasteiger partial charge in [0.15, 0.2) is 0 Å². The average molecular weight is 243 g/mol. The van der Waals surface area contributed by atoms with Crippen LogP contribution in [0.1, 0.15) is 17.8 Å². The van der Waals surface area contributed by atoms with Crippen LogP contribution in [0, 0.1) is 0 Å². The molecule has 1 heterocycles. The number of carbonyl (C=O) groups excluding carboxylic acids is 1. The third-order valence-corrected chi connectivity index (χ3v) is 3.29. The van der Waals surface area contributed by atoms with Gasteiger partial charge >= 0.3 is 13.1 Å². The second kappa shape index (κ2) is 6.00. The number of nitrogens with one attached hydrogen (secondary N) is 1. The molecule has 0 aliphatic rings. The summed E-state index contributed by atoms with van der Waals surface area (Å²) >= 11 is 1.41. The molecule has 0 spiro atoms. The van der Waals surface area contributed by atoms with Crippen LogP contribution >= 0.6 is 11.3 Å². The summed E-state index contributed by atoms with van der Waals surface area (Å²) < 4.78 is 4.50. The first kappa shape index (κ1) is 13.2. The highest BCUT2D eigenvalue weighted by Gasteiger charge is 2.20. The lowest BCUT2D eigenvalue weighted by atomic mass is 9.79. The molecule has 88 valence electrons. The van der Waals surface area contributed by atoms with Gasteiger partial charge in [-0.3, -0.25) is 10.1 Å². The topological polar surface area (TPSA) is 78.8 Å². The number of esters is 1. The molecule has 0 aromatic carbocycles. The summed E-state index contributed by atoms with van der Waals surface area (Å²) in [5, 5.41) is 22.9. The fraction of sp³-hybridized carbons (Fsp3) is 0.444. The number of rotatable bonds is 5.